The molecule has 0 fully saturated rings. The first-order valence-corrected chi connectivity index (χ1v) is 9.99. The van der Waals surface area contributed by atoms with E-state index in [0.29, 0.717) is 23.8 Å². The molecule has 0 aliphatic rings. The number of hydrogen-bond donors (Lipinski definition) is 3. The summed E-state index contributed by atoms with van der Waals surface area (Å²) in [5.41, 5.74) is 3.50. The normalized spacial score (nSPS) is 11.4. The fraction of sp³-hybridized carbons (Fsp3) is 0.348. The Morgan fingerprint density at radius 3 is 2.23 bits per heavy atom. The average molecular weight is 411 g/mol. The number of fused-ring (bicyclic) bond motifs is 1. The average Bonchev–Trinajstić information content (AvgIpc) is 3.20. The second-order valence-electron chi connectivity index (χ2n) is 6.78. The molecule has 3 rings (SSSR count). The Kier molecular flexibility index (Phi) is 7.43. The molecule has 0 unspecified atom stereocenters. The molecule has 0 saturated carbocycles. The number of aromatic amines is 1. The summed E-state index contributed by atoms with van der Waals surface area (Å²) in [6.07, 6.45) is 3.74. The topological polar surface area (TPSA) is 79.9 Å². The van der Waals surface area contributed by atoms with Gasteiger partial charge >= 0.3 is 0 Å². The minimum atomic E-state index is 0.610. The van der Waals surface area contributed by atoms with Crippen molar-refractivity contribution >= 4 is 16.9 Å². The second kappa shape index (κ2) is 10.4. The molecule has 0 atom stereocenters. The molecule has 30 heavy (non-hydrogen) atoms. The number of methoxy groups -OCH3 is 3. The van der Waals surface area contributed by atoms with Gasteiger partial charge in [-0.2, -0.15) is 0 Å². The number of nitrogens with zero attached hydrogens (tertiary/aromatic N) is 1. The van der Waals surface area contributed by atoms with Gasteiger partial charge in [0.2, 0.25) is 5.75 Å². The smallest absolute Gasteiger partial charge is 0.203 e. The molecule has 0 bridgehead atoms. The van der Waals surface area contributed by atoms with Gasteiger partial charge in [0.1, 0.15) is 0 Å². The zero-order chi connectivity index (χ0) is 21.3. The lowest BCUT2D eigenvalue weighted by atomic mass is 10.1. The molecule has 0 aliphatic carbocycles. The van der Waals surface area contributed by atoms with Crippen molar-refractivity contribution in [2.24, 2.45) is 4.99 Å². The summed E-state index contributed by atoms with van der Waals surface area (Å²) in [6.45, 7) is 1.50. The van der Waals surface area contributed by atoms with Gasteiger partial charge in [-0.15, -0.1) is 0 Å². The van der Waals surface area contributed by atoms with E-state index in [4.69, 9.17) is 14.2 Å². The maximum absolute atomic E-state index is 5.55. The van der Waals surface area contributed by atoms with E-state index in [2.05, 4.69) is 45.0 Å². The third-order valence-corrected chi connectivity index (χ3v) is 5.06. The number of guanidine groups is 1. The van der Waals surface area contributed by atoms with Crippen molar-refractivity contribution in [1.82, 2.24) is 15.6 Å². The van der Waals surface area contributed by atoms with E-state index >= 15 is 0 Å². The van der Waals surface area contributed by atoms with Crippen molar-refractivity contribution in [3.05, 3.63) is 53.7 Å². The number of aliphatic imine (C=N–C) groups is 1. The largest absolute Gasteiger partial charge is 0.493 e. The van der Waals surface area contributed by atoms with Crippen LogP contribution in [-0.2, 0) is 12.8 Å². The fourth-order valence-corrected chi connectivity index (χ4v) is 3.55. The number of para-hydroxylation sites is 1. The molecule has 0 radical (unpaired) electrons. The zero-order valence-electron chi connectivity index (χ0n) is 18.0. The molecule has 0 amide bonds. The minimum absolute atomic E-state index is 0.610. The van der Waals surface area contributed by atoms with Crippen LogP contribution in [0.5, 0.6) is 17.2 Å². The lowest BCUT2D eigenvalue weighted by Crippen LogP contribution is -2.39. The van der Waals surface area contributed by atoms with E-state index < -0.39 is 0 Å². The van der Waals surface area contributed by atoms with Crippen LogP contribution in [0.15, 0.2) is 47.6 Å². The van der Waals surface area contributed by atoms with Crippen LogP contribution in [0, 0.1) is 0 Å². The molecule has 3 aromatic rings. The van der Waals surface area contributed by atoms with Crippen LogP contribution < -0.4 is 24.8 Å². The van der Waals surface area contributed by atoms with Crippen LogP contribution in [0.2, 0.25) is 0 Å². The Morgan fingerprint density at radius 1 is 0.867 bits per heavy atom. The number of aromatic nitrogens is 1. The highest BCUT2D eigenvalue weighted by Gasteiger charge is 2.15. The molecule has 7 heteroatoms. The van der Waals surface area contributed by atoms with Crippen molar-refractivity contribution in [3.8, 4) is 17.2 Å². The van der Waals surface area contributed by atoms with Crippen LogP contribution in [0.1, 0.15) is 11.1 Å². The maximum Gasteiger partial charge on any atom is 0.203 e. The van der Waals surface area contributed by atoms with Crippen LogP contribution in [0.25, 0.3) is 10.9 Å². The summed E-state index contributed by atoms with van der Waals surface area (Å²) in [5, 5.41) is 8.00. The van der Waals surface area contributed by atoms with E-state index in [1.54, 1.807) is 28.4 Å². The van der Waals surface area contributed by atoms with Crippen molar-refractivity contribution < 1.29 is 14.2 Å². The second-order valence-corrected chi connectivity index (χ2v) is 6.78. The lowest BCUT2D eigenvalue weighted by molar-refractivity contribution is 0.322. The van der Waals surface area contributed by atoms with Crippen LogP contribution in [-0.4, -0.2) is 52.4 Å². The number of ether oxygens (including phenoxy) is 3. The van der Waals surface area contributed by atoms with E-state index in [-0.39, 0.29) is 0 Å². The van der Waals surface area contributed by atoms with Gasteiger partial charge < -0.3 is 29.8 Å². The van der Waals surface area contributed by atoms with E-state index in [9.17, 15) is 0 Å². The number of hydrogen-bond acceptors (Lipinski definition) is 4. The lowest BCUT2D eigenvalue weighted by Gasteiger charge is -2.16. The Balaban J connectivity index is 1.52. The molecule has 0 aliphatic heterocycles. The summed E-state index contributed by atoms with van der Waals surface area (Å²) in [7, 11) is 6.64. The predicted octanol–water partition coefficient (Wildman–Crippen LogP) is 3.14. The highest BCUT2D eigenvalue weighted by molar-refractivity contribution is 5.83. The van der Waals surface area contributed by atoms with Crippen LogP contribution in [0.3, 0.4) is 0 Å². The van der Waals surface area contributed by atoms with Gasteiger partial charge in [-0.3, -0.25) is 4.99 Å². The standard InChI is InChI=1S/C23H30N4O3/c1-24-23(26-14-12-17-15-27-19-8-6-5-7-18(17)19)25-13-11-16-9-10-20(28-2)22(30-4)21(16)29-3/h5-10,15,27H,11-14H2,1-4H3,(H2,24,25,26). The third-order valence-electron chi connectivity index (χ3n) is 5.06. The van der Waals surface area contributed by atoms with Gasteiger partial charge in [0.25, 0.3) is 0 Å². The molecule has 2 aromatic carbocycles. The number of nitrogens with one attached hydrogen (secondary N) is 3. The van der Waals surface area contributed by atoms with Crippen molar-refractivity contribution in [3.63, 3.8) is 0 Å². The highest BCUT2D eigenvalue weighted by atomic mass is 16.5. The molecule has 1 aromatic heterocycles. The third kappa shape index (κ3) is 4.79. The van der Waals surface area contributed by atoms with Crippen molar-refractivity contribution in [2.75, 3.05) is 41.5 Å². The molecule has 0 saturated heterocycles. The summed E-state index contributed by atoms with van der Waals surface area (Å²) < 4.78 is 16.4. The summed E-state index contributed by atoms with van der Waals surface area (Å²) in [4.78, 5) is 7.63. The SMILES string of the molecule is CN=C(NCCc1ccc(OC)c(OC)c1OC)NCCc1c[nH]c2ccccc12. The first kappa shape index (κ1) is 21.4. The number of H-pyrrole nitrogens is 1. The van der Waals surface area contributed by atoms with Crippen LogP contribution in [0.4, 0.5) is 0 Å². The van der Waals surface area contributed by atoms with Gasteiger partial charge in [0.15, 0.2) is 17.5 Å². The molecule has 3 N–H and O–H groups in total. The molecule has 0 spiro atoms. The molecular weight excluding hydrogens is 380 g/mol. The molecule has 160 valence electrons. The van der Waals surface area contributed by atoms with Gasteiger partial charge in [-0.25, -0.2) is 0 Å². The Labute approximate surface area is 177 Å². The number of benzene rings is 2. The molecular formula is C23H30N4O3. The van der Waals surface area contributed by atoms with Gasteiger partial charge in [-0.1, -0.05) is 24.3 Å². The first-order valence-electron chi connectivity index (χ1n) is 9.99. The summed E-state index contributed by atoms with van der Waals surface area (Å²) >= 11 is 0. The van der Waals surface area contributed by atoms with Crippen molar-refractivity contribution in [2.45, 2.75) is 12.8 Å². The fourth-order valence-electron chi connectivity index (χ4n) is 3.55. The highest BCUT2D eigenvalue weighted by Crippen LogP contribution is 2.39. The van der Waals surface area contributed by atoms with Gasteiger partial charge in [-0.05, 0) is 30.5 Å². The molecule has 7 nitrogen and oxygen atoms in total. The Bertz CT molecular complexity index is 997. The quantitative estimate of drug-likeness (QED) is 0.373. The number of rotatable bonds is 9. The predicted molar refractivity (Wildman–Crippen MR) is 121 cm³/mol. The Morgan fingerprint density at radius 2 is 1.57 bits per heavy atom. The zero-order valence-corrected chi connectivity index (χ0v) is 18.0. The Hall–Kier alpha value is -3.35. The van der Waals surface area contributed by atoms with E-state index in [1.165, 1.54) is 16.5 Å². The van der Waals surface area contributed by atoms with Gasteiger partial charge in [0, 0.05) is 42.8 Å². The van der Waals surface area contributed by atoms with E-state index in [0.717, 1.165) is 30.9 Å². The minimum Gasteiger partial charge on any atom is -0.493 e. The monoisotopic (exact) mass is 410 g/mol. The summed E-state index contributed by atoms with van der Waals surface area (Å²) in [6, 6.07) is 12.2. The molecule has 1 heterocycles. The van der Waals surface area contributed by atoms with Gasteiger partial charge in [0.05, 0.1) is 21.3 Å². The first-order chi connectivity index (χ1) is 14.7. The summed E-state index contributed by atoms with van der Waals surface area (Å²) in [5.74, 6) is 2.73. The van der Waals surface area contributed by atoms with Crippen molar-refractivity contribution in [1.29, 1.82) is 0 Å². The van der Waals surface area contributed by atoms with Crippen LogP contribution >= 0.6 is 0 Å². The maximum atomic E-state index is 5.55. The van der Waals surface area contributed by atoms with E-state index in [1.807, 2.05) is 18.2 Å².